The second kappa shape index (κ2) is 4.51. The van der Waals surface area contributed by atoms with Crippen molar-refractivity contribution < 1.29 is 9.90 Å². The Balaban J connectivity index is 2.22. The topological polar surface area (TPSA) is 66.6 Å². The second-order valence-corrected chi connectivity index (χ2v) is 5.63. The number of nitrogens with zero attached hydrogens (tertiary/aromatic N) is 1. The number of anilines is 1. The van der Waals surface area contributed by atoms with E-state index in [1.807, 2.05) is 18.2 Å². The third-order valence-corrected chi connectivity index (χ3v) is 3.88. The highest BCUT2D eigenvalue weighted by Crippen LogP contribution is 2.35. The monoisotopic (exact) mass is 320 g/mol. The summed E-state index contributed by atoms with van der Waals surface area (Å²) < 4.78 is 0.897. The van der Waals surface area contributed by atoms with Crippen molar-refractivity contribution in [3.8, 4) is 5.75 Å². The van der Waals surface area contributed by atoms with Crippen molar-refractivity contribution in [2.75, 3.05) is 11.4 Å². The highest BCUT2D eigenvalue weighted by Gasteiger charge is 2.30. The van der Waals surface area contributed by atoms with Crippen LogP contribution in [0.1, 0.15) is 6.42 Å². The van der Waals surface area contributed by atoms with Crippen molar-refractivity contribution in [3.63, 3.8) is 0 Å². The zero-order valence-electron chi connectivity index (χ0n) is 10.1. The third-order valence-electron chi connectivity index (χ3n) is 3.42. The Kier molecular flexibility index (Phi) is 2.95. The molecule has 3 N–H and O–H groups in total. The maximum absolute atomic E-state index is 12.1. The molecule has 1 aliphatic heterocycles. The minimum absolute atomic E-state index is 0.0669. The van der Waals surface area contributed by atoms with Gasteiger partial charge in [0.2, 0.25) is 5.91 Å². The molecule has 0 bridgehead atoms. The van der Waals surface area contributed by atoms with Crippen molar-refractivity contribution in [1.29, 1.82) is 0 Å². The molecule has 1 fully saturated rings. The molecule has 2 aromatic carbocycles. The first-order valence-corrected chi connectivity index (χ1v) is 6.85. The Morgan fingerprint density at radius 1 is 1.32 bits per heavy atom. The average Bonchev–Trinajstić information content (AvgIpc) is 2.70. The van der Waals surface area contributed by atoms with Gasteiger partial charge in [0, 0.05) is 16.4 Å². The van der Waals surface area contributed by atoms with Gasteiger partial charge < -0.3 is 15.7 Å². The van der Waals surface area contributed by atoms with Crippen LogP contribution in [-0.2, 0) is 4.79 Å². The SMILES string of the molecule is N[C@@H]1CCN(c2cc(Br)cc3ccc(O)cc23)C1=O. The molecule has 1 atom stereocenters. The molecular formula is C14H13BrN2O2. The van der Waals surface area contributed by atoms with E-state index < -0.39 is 6.04 Å². The van der Waals surface area contributed by atoms with Gasteiger partial charge in [0.1, 0.15) is 5.75 Å². The van der Waals surface area contributed by atoms with Gasteiger partial charge in [-0.2, -0.15) is 0 Å². The summed E-state index contributed by atoms with van der Waals surface area (Å²) in [6.07, 6.45) is 0.658. The highest BCUT2D eigenvalue weighted by atomic mass is 79.9. The number of nitrogens with two attached hydrogens (primary N) is 1. The number of hydrogen-bond donors (Lipinski definition) is 2. The van der Waals surface area contributed by atoms with Crippen LogP contribution in [0.2, 0.25) is 0 Å². The van der Waals surface area contributed by atoms with E-state index in [4.69, 9.17) is 5.73 Å². The van der Waals surface area contributed by atoms with Crippen LogP contribution in [0.3, 0.4) is 0 Å². The van der Waals surface area contributed by atoms with Gasteiger partial charge in [-0.1, -0.05) is 22.0 Å². The number of halogens is 1. The van der Waals surface area contributed by atoms with Gasteiger partial charge in [-0.05, 0) is 36.1 Å². The Hall–Kier alpha value is -1.59. The average molecular weight is 321 g/mol. The number of phenols is 1. The molecule has 1 amide bonds. The molecule has 0 saturated carbocycles. The number of carbonyl (C=O) groups excluding carboxylic acids is 1. The predicted octanol–water partition coefficient (Wildman–Crippen LogP) is 2.37. The lowest BCUT2D eigenvalue weighted by Crippen LogP contribution is -2.34. The van der Waals surface area contributed by atoms with Gasteiger partial charge >= 0.3 is 0 Å². The summed E-state index contributed by atoms with van der Waals surface area (Å²) in [6, 6.07) is 8.56. The summed E-state index contributed by atoms with van der Waals surface area (Å²) in [4.78, 5) is 13.8. The summed E-state index contributed by atoms with van der Waals surface area (Å²) in [5.74, 6) is 0.120. The first kappa shape index (κ1) is 12.4. The summed E-state index contributed by atoms with van der Waals surface area (Å²) in [7, 11) is 0. The van der Waals surface area contributed by atoms with Crippen molar-refractivity contribution in [2.24, 2.45) is 5.73 Å². The van der Waals surface area contributed by atoms with Crippen molar-refractivity contribution >= 4 is 38.3 Å². The van der Waals surface area contributed by atoms with Crippen LogP contribution >= 0.6 is 15.9 Å². The summed E-state index contributed by atoms with van der Waals surface area (Å²) >= 11 is 3.45. The predicted molar refractivity (Wildman–Crippen MR) is 78.3 cm³/mol. The summed E-state index contributed by atoms with van der Waals surface area (Å²) in [6.45, 7) is 0.612. The van der Waals surface area contributed by atoms with Crippen LogP contribution in [0.5, 0.6) is 5.75 Å². The molecule has 0 aliphatic carbocycles. The van der Waals surface area contributed by atoms with E-state index in [9.17, 15) is 9.90 Å². The van der Waals surface area contributed by atoms with E-state index in [1.165, 1.54) is 0 Å². The van der Waals surface area contributed by atoms with Gasteiger partial charge in [0.05, 0.1) is 11.7 Å². The third kappa shape index (κ3) is 2.09. The number of rotatable bonds is 1. The van der Waals surface area contributed by atoms with Gasteiger partial charge in [0.25, 0.3) is 0 Å². The fraction of sp³-hybridized carbons (Fsp3) is 0.214. The van der Waals surface area contributed by atoms with E-state index >= 15 is 0 Å². The maximum atomic E-state index is 12.1. The highest BCUT2D eigenvalue weighted by molar-refractivity contribution is 9.10. The Morgan fingerprint density at radius 2 is 2.11 bits per heavy atom. The molecule has 5 heteroatoms. The van der Waals surface area contributed by atoms with E-state index in [-0.39, 0.29) is 11.7 Å². The van der Waals surface area contributed by atoms with Crippen LogP contribution in [0.15, 0.2) is 34.8 Å². The van der Waals surface area contributed by atoms with E-state index in [0.717, 1.165) is 20.9 Å². The van der Waals surface area contributed by atoms with Gasteiger partial charge in [-0.25, -0.2) is 0 Å². The molecule has 1 heterocycles. The summed E-state index contributed by atoms with van der Waals surface area (Å²) in [5.41, 5.74) is 6.56. The van der Waals surface area contributed by atoms with Crippen molar-refractivity contribution in [1.82, 2.24) is 0 Å². The minimum Gasteiger partial charge on any atom is -0.508 e. The Morgan fingerprint density at radius 3 is 2.79 bits per heavy atom. The number of carbonyl (C=O) groups is 1. The molecule has 4 nitrogen and oxygen atoms in total. The molecular weight excluding hydrogens is 308 g/mol. The van der Waals surface area contributed by atoms with Gasteiger partial charge in [-0.3, -0.25) is 4.79 Å². The molecule has 19 heavy (non-hydrogen) atoms. The fourth-order valence-electron chi connectivity index (χ4n) is 2.46. The lowest BCUT2D eigenvalue weighted by atomic mass is 10.1. The van der Waals surface area contributed by atoms with Gasteiger partial charge in [0.15, 0.2) is 0 Å². The molecule has 2 aromatic rings. The quantitative estimate of drug-likeness (QED) is 0.847. The first-order chi connectivity index (χ1) is 9.06. The largest absolute Gasteiger partial charge is 0.508 e. The molecule has 0 spiro atoms. The molecule has 0 radical (unpaired) electrons. The number of hydrogen-bond acceptors (Lipinski definition) is 3. The van der Waals surface area contributed by atoms with Crippen LogP contribution in [0, 0.1) is 0 Å². The van der Waals surface area contributed by atoms with Crippen LogP contribution in [0.25, 0.3) is 10.8 Å². The lowest BCUT2D eigenvalue weighted by Gasteiger charge is -2.19. The Labute approximate surface area is 118 Å². The number of aromatic hydroxyl groups is 1. The Bertz CT molecular complexity index is 672. The molecule has 1 aliphatic rings. The molecule has 0 aromatic heterocycles. The lowest BCUT2D eigenvalue weighted by molar-refractivity contribution is -0.118. The van der Waals surface area contributed by atoms with Crippen LogP contribution < -0.4 is 10.6 Å². The second-order valence-electron chi connectivity index (χ2n) is 4.72. The number of fused-ring (bicyclic) bond motifs is 1. The standard InChI is InChI=1S/C14H13BrN2O2/c15-9-5-8-1-2-10(18)7-11(8)13(6-9)17-4-3-12(16)14(17)19/h1-2,5-7,12,18H,3-4,16H2/t12-/m1/s1. The fourth-order valence-corrected chi connectivity index (χ4v) is 2.92. The van der Waals surface area contributed by atoms with Gasteiger partial charge in [-0.15, -0.1) is 0 Å². The zero-order chi connectivity index (χ0) is 13.6. The molecule has 0 unspecified atom stereocenters. The molecule has 98 valence electrons. The molecule has 1 saturated heterocycles. The number of amides is 1. The number of benzene rings is 2. The van der Waals surface area contributed by atoms with Crippen molar-refractivity contribution in [3.05, 3.63) is 34.8 Å². The number of phenolic OH excluding ortho intramolecular Hbond substituents is 1. The van der Waals surface area contributed by atoms with E-state index in [1.54, 1.807) is 17.0 Å². The van der Waals surface area contributed by atoms with Crippen LogP contribution in [0.4, 0.5) is 5.69 Å². The van der Waals surface area contributed by atoms with Crippen molar-refractivity contribution in [2.45, 2.75) is 12.5 Å². The maximum Gasteiger partial charge on any atom is 0.243 e. The zero-order valence-corrected chi connectivity index (χ0v) is 11.7. The minimum atomic E-state index is -0.425. The molecule has 3 rings (SSSR count). The first-order valence-electron chi connectivity index (χ1n) is 6.05. The summed E-state index contributed by atoms with van der Waals surface area (Å²) in [5, 5.41) is 11.5. The normalized spacial score (nSPS) is 19.4. The smallest absolute Gasteiger partial charge is 0.243 e. The van der Waals surface area contributed by atoms with E-state index in [2.05, 4.69) is 15.9 Å². The van der Waals surface area contributed by atoms with E-state index in [0.29, 0.717) is 13.0 Å². The van der Waals surface area contributed by atoms with Crippen LogP contribution in [-0.4, -0.2) is 23.6 Å².